The molecule has 0 spiro atoms. The van der Waals surface area contributed by atoms with Crippen molar-refractivity contribution in [2.24, 2.45) is 5.73 Å². The molecule has 1 saturated heterocycles. The van der Waals surface area contributed by atoms with Gasteiger partial charge in [0, 0.05) is 18.8 Å². The van der Waals surface area contributed by atoms with E-state index >= 15 is 0 Å². The van der Waals surface area contributed by atoms with Crippen molar-refractivity contribution in [1.82, 2.24) is 4.90 Å². The van der Waals surface area contributed by atoms with Crippen LogP contribution < -0.4 is 11.1 Å². The molecule has 7 heteroatoms. The molecule has 6 nitrogen and oxygen atoms in total. The Hall–Kier alpha value is -1.63. The minimum absolute atomic E-state index is 0. The maximum Gasteiger partial charge on any atom is 0.244 e. The van der Waals surface area contributed by atoms with Gasteiger partial charge in [0.25, 0.3) is 0 Å². The van der Waals surface area contributed by atoms with Gasteiger partial charge in [0.15, 0.2) is 0 Å². The molecule has 140 valence electrons. The Bertz CT molecular complexity index is 569. The van der Waals surface area contributed by atoms with Crippen molar-refractivity contribution in [2.75, 3.05) is 31.6 Å². The molecule has 1 heterocycles. The molecule has 1 fully saturated rings. The van der Waals surface area contributed by atoms with E-state index < -0.39 is 5.54 Å². The lowest BCUT2D eigenvalue weighted by molar-refractivity contribution is -0.134. The number of nitrogens with zero attached hydrogens (tertiary/aromatic N) is 1. The number of ether oxygens (including phenoxy) is 1. The lowest BCUT2D eigenvalue weighted by Crippen LogP contribution is -2.48. The molecule has 1 aromatic rings. The van der Waals surface area contributed by atoms with Gasteiger partial charge < -0.3 is 20.7 Å². The molecule has 1 aromatic carbocycles. The number of hydrogen-bond donors (Lipinski definition) is 2. The van der Waals surface area contributed by atoms with Crippen LogP contribution in [-0.2, 0) is 20.7 Å². The standard InChI is InChI=1S/C18H27N3O3.ClH/c1-3-8-18(2,19)17(23)20-15-6-4-14(5-7-15)13-16(22)21-9-11-24-12-10-21;/h4-7H,3,8-13,19H2,1-2H3,(H,20,23);1H. The number of carbonyl (C=O) groups excluding carboxylic acids is 2. The summed E-state index contributed by atoms with van der Waals surface area (Å²) >= 11 is 0. The number of carbonyl (C=O) groups is 2. The largest absolute Gasteiger partial charge is 0.378 e. The number of nitrogens with two attached hydrogens (primary N) is 1. The van der Waals surface area contributed by atoms with Crippen molar-refractivity contribution in [3.8, 4) is 0 Å². The minimum Gasteiger partial charge on any atom is -0.378 e. The average molecular weight is 370 g/mol. The van der Waals surface area contributed by atoms with Crippen molar-refractivity contribution in [3.63, 3.8) is 0 Å². The third kappa shape index (κ3) is 6.30. The van der Waals surface area contributed by atoms with Gasteiger partial charge in [-0.05, 0) is 31.0 Å². The van der Waals surface area contributed by atoms with Crippen LogP contribution in [0.1, 0.15) is 32.3 Å². The molecule has 2 amide bonds. The highest BCUT2D eigenvalue weighted by Crippen LogP contribution is 2.15. The third-order valence-corrected chi connectivity index (χ3v) is 4.22. The summed E-state index contributed by atoms with van der Waals surface area (Å²) in [7, 11) is 0. The fourth-order valence-corrected chi connectivity index (χ4v) is 2.71. The number of halogens is 1. The molecule has 2 rings (SSSR count). The zero-order chi connectivity index (χ0) is 17.6. The quantitative estimate of drug-likeness (QED) is 0.802. The molecule has 25 heavy (non-hydrogen) atoms. The van der Waals surface area contributed by atoms with E-state index in [0.29, 0.717) is 44.8 Å². The van der Waals surface area contributed by atoms with Crippen LogP contribution in [0.5, 0.6) is 0 Å². The Kier molecular flexibility index (Phi) is 8.35. The lowest BCUT2D eigenvalue weighted by atomic mass is 9.96. The highest BCUT2D eigenvalue weighted by Gasteiger charge is 2.27. The molecule has 0 saturated carbocycles. The third-order valence-electron chi connectivity index (χ3n) is 4.22. The maximum absolute atomic E-state index is 12.2. The van der Waals surface area contributed by atoms with Crippen molar-refractivity contribution >= 4 is 29.9 Å². The van der Waals surface area contributed by atoms with Crippen molar-refractivity contribution in [3.05, 3.63) is 29.8 Å². The first-order valence-electron chi connectivity index (χ1n) is 8.47. The number of hydrogen-bond acceptors (Lipinski definition) is 4. The zero-order valence-corrected chi connectivity index (χ0v) is 15.7. The van der Waals surface area contributed by atoms with Gasteiger partial charge in [0.05, 0.1) is 25.2 Å². The van der Waals surface area contributed by atoms with E-state index in [-0.39, 0.29) is 24.2 Å². The summed E-state index contributed by atoms with van der Waals surface area (Å²) in [6.45, 7) is 6.25. The Morgan fingerprint density at radius 2 is 1.84 bits per heavy atom. The summed E-state index contributed by atoms with van der Waals surface area (Å²) in [5.74, 6) is -0.0888. The summed E-state index contributed by atoms with van der Waals surface area (Å²) in [6, 6.07) is 7.34. The van der Waals surface area contributed by atoms with Crippen LogP contribution in [0, 0.1) is 0 Å². The van der Waals surface area contributed by atoms with Crippen LogP contribution in [0.4, 0.5) is 5.69 Å². The van der Waals surface area contributed by atoms with Crippen LogP contribution in [0.25, 0.3) is 0 Å². The molecule has 1 aliphatic heterocycles. The van der Waals surface area contributed by atoms with Gasteiger partial charge in [-0.15, -0.1) is 12.4 Å². The van der Waals surface area contributed by atoms with Crippen molar-refractivity contribution in [1.29, 1.82) is 0 Å². The molecule has 0 bridgehead atoms. The van der Waals surface area contributed by atoms with Crippen LogP contribution >= 0.6 is 12.4 Å². The van der Waals surface area contributed by atoms with Gasteiger partial charge >= 0.3 is 0 Å². The summed E-state index contributed by atoms with van der Waals surface area (Å²) in [5.41, 5.74) is 6.76. The van der Waals surface area contributed by atoms with Crippen LogP contribution in [0.2, 0.25) is 0 Å². The van der Waals surface area contributed by atoms with Crippen LogP contribution in [-0.4, -0.2) is 48.6 Å². The second kappa shape index (κ2) is 9.75. The highest BCUT2D eigenvalue weighted by molar-refractivity contribution is 5.97. The van der Waals surface area contributed by atoms with E-state index in [1.165, 1.54) is 0 Å². The predicted molar refractivity (Wildman–Crippen MR) is 101 cm³/mol. The number of rotatable bonds is 6. The van der Waals surface area contributed by atoms with Gasteiger partial charge in [0.2, 0.25) is 11.8 Å². The number of amides is 2. The van der Waals surface area contributed by atoms with E-state index in [1.807, 2.05) is 36.1 Å². The van der Waals surface area contributed by atoms with E-state index in [0.717, 1.165) is 12.0 Å². The molecule has 3 N–H and O–H groups in total. The molecule has 1 atom stereocenters. The predicted octanol–water partition coefficient (Wildman–Crippen LogP) is 1.97. The summed E-state index contributed by atoms with van der Waals surface area (Å²) in [6.07, 6.45) is 1.84. The average Bonchev–Trinajstić information content (AvgIpc) is 2.57. The Morgan fingerprint density at radius 3 is 2.40 bits per heavy atom. The summed E-state index contributed by atoms with van der Waals surface area (Å²) < 4.78 is 5.25. The van der Waals surface area contributed by atoms with Gasteiger partial charge in [-0.1, -0.05) is 25.5 Å². The number of nitrogens with one attached hydrogen (secondary N) is 1. The summed E-state index contributed by atoms with van der Waals surface area (Å²) in [4.78, 5) is 26.2. The van der Waals surface area contributed by atoms with Gasteiger partial charge in [-0.25, -0.2) is 0 Å². The van der Waals surface area contributed by atoms with Gasteiger partial charge in [-0.3, -0.25) is 9.59 Å². The second-order valence-electron chi connectivity index (χ2n) is 6.49. The molecule has 0 aromatic heterocycles. The number of anilines is 1. The zero-order valence-electron chi connectivity index (χ0n) is 14.9. The fraction of sp³-hybridized carbons (Fsp3) is 0.556. The Balaban J connectivity index is 0.00000312. The van der Waals surface area contributed by atoms with E-state index in [2.05, 4.69) is 5.32 Å². The fourth-order valence-electron chi connectivity index (χ4n) is 2.71. The first-order chi connectivity index (χ1) is 11.4. The normalized spacial score (nSPS) is 16.5. The van der Waals surface area contributed by atoms with E-state index in [9.17, 15) is 9.59 Å². The van der Waals surface area contributed by atoms with E-state index in [4.69, 9.17) is 10.5 Å². The minimum atomic E-state index is -0.875. The van der Waals surface area contributed by atoms with Gasteiger partial charge in [-0.2, -0.15) is 0 Å². The molecular formula is C18H28ClN3O3. The molecule has 0 aliphatic carbocycles. The monoisotopic (exact) mass is 369 g/mol. The molecule has 0 radical (unpaired) electrons. The summed E-state index contributed by atoms with van der Waals surface area (Å²) in [5, 5.41) is 2.84. The van der Waals surface area contributed by atoms with Crippen LogP contribution in [0.15, 0.2) is 24.3 Å². The Labute approximate surface area is 155 Å². The van der Waals surface area contributed by atoms with Crippen molar-refractivity contribution in [2.45, 2.75) is 38.6 Å². The SMILES string of the molecule is CCCC(C)(N)C(=O)Nc1ccc(CC(=O)N2CCOCC2)cc1.Cl. The lowest BCUT2D eigenvalue weighted by Gasteiger charge is -2.27. The Morgan fingerprint density at radius 1 is 1.24 bits per heavy atom. The first-order valence-corrected chi connectivity index (χ1v) is 8.47. The molecule has 1 aliphatic rings. The number of morpholine rings is 1. The topological polar surface area (TPSA) is 84.7 Å². The molecular weight excluding hydrogens is 342 g/mol. The number of benzene rings is 1. The maximum atomic E-state index is 12.2. The highest BCUT2D eigenvalue weighted by atomic mass is 35.5. The van der Waals surface area contributed by atoms with Crippen LogP contribution in [0.3, 0.4) is 0 Å². The molecule has 1 unspecified atom stereocenters. The van der Waals surface area contributed by atoms with Crippen molar-refractivity contribution < 1.29 is 14.3 Å². The first kappa shape index (κ1) is 21.4. The van der Waals surface area contributed by atoms with E-state index in [1.54, 1.807) is 6.92 Å². The smallest absolute Gasteiger partial charge is 0.244 e. The van der Waals surface area contributed by atoms with Gasteiger partial charge in [0.1, 0.15) is 0 Å². The second-order valence-corrected chi connectivity index (χ2v) is 6.49.